The van der Waals surface area contributed by atoms with E-state index >= 15 is 0 Å². The van der Waals surface area contributed by atoms with Crippen LogP contribution in [0.3, 0.4) is 0 Å². The molecule has 0 spiro atoms. The second kappa shape index (κ2) is 8.74. The number of thioether (sulfide) groups is 1. The standard InChI is InChI=1S/C19H20ClN3O4S2/c1-12-4-7-17(27-2)16(10-12)23-18(24)14-6-5-13(20)11-15(14)22-19(23)28-8-3-9-29(21,25)26/h4-7,10-11H,3,8-9H2,1-2H3,(H2,21,25,26). The number of rotatable bonds is 7. The van der Waals surface area contributed by atoms with E-state index in [1.807, 2.05) is 19.1 Å². The molecule has 0 atom stereocenters. The molecule has 3 rings (SSSR count). The van der Waals surface area contributed by atoms with Gasteiger partial charge in [-0.3, -0.25) is 9.36 Å². The highest BCUT2D eigenvalue weighted by atomic mass is 35.5. The Kier molecular flexibility index (Phi) is 6.52. The van der Waals surface area contributed by atoms with Crippen molar-refractivity contribution in [1.29, 1.82) is 0 Å². The second-order valence-corrected chi connectivity index (χ2v) is 9.67. The van der Waals surface area contributed by atoms with E-state index in [2.05, 4.69) is 4.98 Å². The maximum absolute atomic E-state index is 13.3. The van der Waals surface area contributed by atoms with Gasteiger partial charge in [-0.05, 0) is 49.2 Å². The lowest BCUT2D eigenvalue weighted by Gasteiger charge is -2.16. The summed E-state index contributed by atoms with van der Waals surface area (Å²) < 4.78 is 29.3. The van der Waals surface area contributed by atoms with Gasteiger partial charge >= 0.3 is 0 Å². The van der Waals surface area contributed by atoms with Gasteiger partial charge in [0.2, 0.25) is 10.0 Å². The van der Waals surface area contributed by atoms with Crippen LogP contribution >= 0.6 is 23.4 Å². The van der Waals surface area contributed by atoms with Crippen molar-refractivity contribution in [3.63, 3.8) is 0 Å². The first-order valence-corrected chi connectivity index (χ1v) is 11.8. The summed E-state index contributed by atoms with van der Waals surface area (Å²) >= 11 is 7.35. The molecule has 0 aliphatic rings. The van der Waals surface area contributed by atoms with Crippen molar-refractivity contribution in [2.75, 3.05) is 18.6 Å². The molecule has 0 bridgehead atoms. The van der Waals surface area contributed by atoms with Gasteiger partial charge in [0.15, 0.2) is 5.16 Å². The third kappa shape index (κ3) is 5.11. The van der Waals surface area contributed by atoms with E-state index in [4.69, 9.17) is 21.5 Å². The van der Waals surface area contributed by atoms with Crippen LogP contribution in [0.5, 0.6) is 5.75 Å². The largest absolute Gasteiger partial charge is 0.495 e. The molecular weight excluding hydrogens is 434 g/mol. The molecule has 0 amide bonds. The Bertz CT molecular complexity index is 1230. The maximum Gasteiger partial charge on any atom is 0.266 e. The summed E-state index contributed by atoms with van der Waals surface area (Å²) in [5.74, 6) is 0.805. The zero-order valence-electron chi connectivity index (χ0n) is 15.9. The van der Waals surface area contributed by atoms with Gasteiger partial charge in [-0.15, -0.1) is 0 Å². The molecule has 7 nitrogen and oxygen atoms in total. The van der Waals surface area contributed by atoms with Gasteiger partial charge in [0.1, 0.15) is 5.75 Å². The Balaban J connectivity index is 2.16. The van der Waals surface area contributed by atoms with Crippen molar-refractivity contribution in [3.05, 3.63) is 57.3 Å². The molecule has 0 aliphatic heterocycles. The molecule has 0 fully saturated rings. The van der Waals surface area contributed by atoms with E-state index < -0.39 is 10.0 Å². The first-order valence-electron chi connectivity index (χ1n) is 8.70. The third-order valence-electron chi connectivity index (χ3n) is 4.18. The number of aryl methyl sites for hydroxylation is 1. The number of ether oxygens (including phenoxy) is 1. The van der Waals surface area contributed by atoms with Gasteiger partial charge in [0.05, 0.1) is 29.5 Å². The molecule has 10 heteroatoms. The topological polar surface area (TPSA) is 104 Å². The molecule has 29 heavy (non-hydrogen) atoms. The minimum Gasteiger partial charge on any atom is -0.495 e. The average molecular weight is 454 g/mol. The molecule has 1 aromatic heterocycles. The summed E-state index contributed by atoms with van der Waals surface area (Å²) in [7, 11) is -2.01. The summed E-state index contributed by atoms with van der Waals surface area (Å²) in [6, 6.07) is 10.4. The van der Waals surface area contributed by atoms with Crippen LogP contribution < -0.4 is 15.4 Å². The van der Waals surface area contributed by atoms with Crippen molar-refractivity contribution in [2.45, 2.75) is 18.5 Å². The van der Waals surface area contributed by atoms with Crippen LogP contribution in [-0.2, 0) is 10.0 Å². The van der Waals surface area contributed by atoms with Crippen molar-refractivity contribution in [2.24, 2.45) is 5.14 Å². The lowest BCUT2D eigenvalue weighted by Crippen LogP contribution is -2.23. The smallest absolute Gasteiger partial charge is 0.266 e. The predicted molar refractivity (Wildman–Crippen MR) is 117 cm³/mol. The van der Waals surface area contributed by atoms with E-state index in [1.54, 1.807) is 24.3 Å². The van der Waals surface area contributed by atoms with Crippen LogP contribution in [0.4, 0.5) is 0 Å². The van der Waals surface area contributed by atoms with Crippen LogP contribution in [0.15, 0.2) is 46.3 Å². The highest BCUT2D eigenvalue weighted by molar-refractivity contribution is 7.99. The number of hydrogen-bond acceptors (Lipinski definition) is 6. The lowest BCUT2D eigenvalue weighted by atomic mass is 10.2. The summed E-state index contributed by atoms with van der Waals surface area (Å²) in [5.41, 5.74) is 1.73. The fourth-order valence-corrected chi connectivity index (χ4v) is 4.69. The van der Waals surface area contributed by atoms with Crippen LogP contribution in [0.25, 0.3) is 16.6 Å². The average Bonchev–Trinajstić information content (AvgIpc) is 2.64. The molecule has 0 radical (unpaired) electrons. The quantitative estimate of drug-likeness (QED) is 0.335. The van der Waals surface area contributed by atoms with Gasteiger partial charge in [-0.1, -0.05) is 29.4 Å². The first kappa shape index (κ1) is 21.6. The van der Waals surface area contributed by atoms with Gasteiger partial charge in [0.25, 0.3) is 5.56 Å². The van der Waals surface area contributed by atoms with Crippen LogP contribution in [0, 0.1) is 6.92 Å². The number of nitrogens with two attached hydrogens (primary N) is 1. The predicted octanol–water partition coefficient (Wildman–Crippen LogP) is 3.13. The monoisotopic (exact) mass is 453 g/mol. The fourth-order valence-electron chi connectivity index (χ4n) is 2.85. The molecule has 0 saturated heterocycles. The molecule has 1 heterocycles. The number of nitrogens with zero attached hydrogens (tertiary/aromatic N) is 2. The van der Waals surface area contributed by atoms with Crippen molar-refractivity contribution in [1.82, 2.24) is 9.55 Å². The number of primary sulfonamides is 1. The summed E-state index contributed by atoms with van der Waals surface area (Å²) in [6.45, 7) is 1.92. The van der Waals surface area contributed by atoms with E-state index in [-0.39, 0.29) is 11.3 Å². The van der Waals surface area contributed by atoms with Crippen LogP contribution in [-0.4, -0.2) is 36.6 Å². The minimum atomic E-state index is -3.55. The van der Waals surface area contributed by atoms with Crippen LogP contribution in [0.1, 0.15) is 12.0 Å². The number of aromatic nitrogens is 2. The number of hydrogen-bond donors (Lipinski definition) is 1. The van der Waals surface area contributed by atoms with Crippen molar-refractivity contribution in [3.8, 4) is 11.4 Å². The third-order valence-corrected chi connectivity index (χ3v) is 6.30. The normalized spacial score (nSPS) is 11.7. The number of methoxy groups -OCH3 is 1. The van der Waals surface area contributed by atoms with Crippen LogP contribution in [0.2, 0.25) is 5.02 Å². The number of halogens is 1. The Morgan fingerprint density at radius 1 is 1.24 bits per heavy atom. The van der Waals surface area contributed by atoms with Gasteiger partial charge in [-0.2, -0.15) is 0 Å². The summed E-state index contributed by atoms with van der Waals surface area (Å²) in [6.07, 6.45) is 0.331. The van der Waals surface area contributed by atoms with Gasteiger partial charge in [-0.25, -0.2) is 18.5 Å². The molecule has 2 N–H and O–H groups in total. The number of sulfonamides is 1. The number of benzene rings is 2. The Morgan fingerprint density at radius 2 is 2.00 bits per heavy atom. The molecule has 0 unspecified atom stereocenters. The lowest BCUT2D eigenvalue weighted by molar-refractivity contribution is 0.411. The number of fused-ring (bicyclic) bond motifs is 1. The van der Waals surface area contributed by atoms with Crippen molar-refractivity contribution >= 4 is 44.3 Å². The Hall–Kier alpha value is -2.07. The Labute approximate surface area is 177 Å². The van der Waals surface area contributed by atoms with E-state index in [0.717, 1.165) is 5.56 Å². The van der Waals surface area contributed by atoms with Crippen molar-refractivity contribution < 1.29 is 13.2 Å². The molecule has 3 aromatic rings. The minimum absolute atomic E-state index is 0.141. The fraction of sp³-hybridized carbons (Fsp3) is 0.263. The highest BCUT2D eigenvalue weighted by Crippen LogP contribution is 2.29. The Morgan fingerprint density at radius 3 is 2.69 bits per heavy atom. The SMILES string of the molecule is COc1ccc(C)cc1-n1c(SCCCS(N)(=O)=O)nc2cc(Cl)ccc2c1=O. The van der Waals surface area contributed by atoms with Gasteiger partial charge in [0, 0.05) is 10.8 Å². The highest BCUT2D eigenvalue weighted by Gasteiger charge is 2.17. The first-order chi connectivity index (χ1) is 13.7. The molecular formula is C19H20ClN3O4S2. The molecule has 2 aromatic carbocycles. The zero-order chi connectivity index (χ0) is 21.2. The molecule has 154 valence electrons. The van der Waals surface area contributed by atoms with Gasteiger partial charge < -0.3 is 4.74 Å². The van der Waals surface area contributed by atoms with E-state index in [9.17, 15) is 13.2 Å². The molecule has 0 saturated carbocycles. The second-order valence-electron chi connectivity index (χ2n) is 6.44. The van der Waals surface area contributed by atoms with E-state index in [1.165, 1.54) is 23.4 Å². The zero-order valence-corrected chi connectivity index (χ0v) is 18.3. The van der Waals surface area contributed by atoms with E-state index in [0.29, 0.717) is 44.7 Å². The maximum atomic E-state index is 13.3. The molecule has 0 aliphatic carbocycles. The summed E-state index contributed by atoms with van der Waals surface area (Å²) in [4.78, 5) is 17.9. The summed E-state index contributed by atoms with van der Waals surface area (Å²) in [5, 5.41) is 6.38.